The van der Waals surface area contributed by atoms with Crippen LogP contribution >= 0.6 is 23.1 Å². The summed E-state index contributed by atoms with van der Waals surface area (Å²) in [5, 5.41) is 8.94. The molecular formula is C19H22F3N5O2S2. The van der Waals surface area contributed by atoms with Crippen LogP contribution in [0.4, 0.5) is 24.8 Å². The van der Waals surface area contributed by atoms with Crippen LogP contribution in [-0.2, 0) is 10.9 Å². The number of thiophene rings is 1. The van der Waals surface area contributed by atoms with Crippen LogP contribution in [0.3, 0.4) is 0 Å². The van der Waals surface area contributed by atoms with Gasteiger partial charge in [-0.05, 0) is 12.5 Å². The molecule has 0 atom stereocenters. The van der Waals surface area contributed by atoms with Gasteiger partial charge in [0.25, 0.3) is 0 Å². The predicted molar refractivity (Wildman–Crippen MR) is 118 cm³/mol. The van der Waals surface area contributed by atoms with Crippen LogP contribution in [0, 0.1) is 0 Å². The van der Waals surface area contributed by atoms with Crippen molar-refractivity contribution < 1.29 is 23.0 Å². The molecule has 0 unspecified atom stereocenters. The molecule has 3 aromatic heterocycles. The van der Waals surface area contributed by atoms with Gasteiger partial charge in [-0.25, -0.2) is 15.0 Å². The zero-order chi connectivity index (χ0) is 22.6. The zero-order valence-corrected chi connectivity index (χ0v) is 18.6. The minimum atomic E-state index is -4.59. The van der Waals surface area contributed by atoms with Gasteiger partial charge < -0.3 is 20.5 Å². The number of hydrogen-bond acceptors (Lipinski definition) is 9. The SMILES string of the molecule is COCCCSc1sc2nc(-c3cnc(N(C)CCO)nc3)cc(C(F)(F)F)c2c1N. The van der Waals surface area contributed by atoms with Crippen molar-refractivity contribution >= 4 is 45.0 Å². The monoisotopic (exact) mass is 473 g/mol. The van der Waals surface area contributed by atoms with Gasteiger partial charge in [0.1, 0.15) is 4.83 Å². The number of alkyl halides is 3. The van der Waals surface area contributed by atoms with Crippen molar-refractivity contribution in [3.05, 3.63) is 24.0 Å². The van der Waals surface area contributed by atoms with Crippen molar-refractivity contribution in [2.45, 2.75) is 16.8 Å². The van der Waals surface area contributed by atoms with E-state index in [0.29, 0.717) is 34.6 Å². The first kappa shape index (κ1) is 23.5. The summed E-state index contributed by atoms with van der Waals surface area (Å²) in [5.74, 6) is 1.03. The molecule has 0 radical (unpaired) electrons. The Bertz CT molecular complexity index is 1030. The number of aromatic nitrogens is 3. The summed E-state index contributed by atoms with van der Waals surface area (Å²) in [6.07, 6.45) is -0.997. The normalized spacial score (nSPS) is 11.9. The molecular weight excluding hydrogens is 451 g/mol. The number of aliphatic hydroxyl groups excluding tert-OH is 1. The fourth-order valence-corrected chi connectivity index (χ4v) is 5.13. The third-order valence-corrected chi connectivity index (χ3v) is 6.88. The zero-order valence-electron chi connectivity index (χ0n) is 16.9. The number of pyridine rings is 1. The van der Waals surface area contributed by atoms with Crippen LogP contribution in [-0.4, -0.2) is 59.7 Å². The summed E-state index contributed by atoms with van der Waals surface area (Å²) in [5.41, 5.74) is 5.84. The molecule has 0 spiro atoms. The number of ether oxygens (including phenoxy) is 1. The van der Waals surface area contributed by atoms with E-state index in [1.165, 1.54) is 24.2 Å². The second kappa shape index (κ2) is 9.98. The number of nitrogens with two attached hydrogens (primary N) is 1. The summed E-state index contributed by atoms with van der Waals surface area (Å²) in [6, 6.07) is 0.987. The van der Waals surface area contributed by atoms with Crippen molar-refractivity contribution in [3.8, 4) is 11.3 Å². The Kier molecular flexibility index (Phi) is 7.57. The van der Waals surface area contributed by atoms with Gasteiger partial charge in [0.05, 0.1) is 27.8 Å². The molecule has 0 aliphatic carbocycles. The van der Waals surface area contributed by atoms with Gasteiger partial charge in [0.2, 0.25) is 5.95 Å². The molecule has 0 bridgehead atoms. The highest BCUT2D eigenvalue weighted by Crippen LogP contribution is 2.46. The largest absolute Gasteiger partial charge is 0.417 e. The second-order valence-corrected chi connectivity index (χ2v) is 9.01. The fraction of sp³-hybridized carbons (Fsp3) is 0.421. The standard InChI is InChI=1S/C19H22F3N5O2S2/c1-27(4-5-28)18-24-9-11(10-25-18)13-8-12(19(20,21)22)14-15(23)17(31-16(14)26-13)30-7-3-6-29-2/h8-10,28H,3-7,23H2,1-2H3. The number of anilines is 2. The molecule has 3 aromatic rings. The summed E-state index contributed by atoms with van der Waals surface area (Å²) >= 11 is 2.54. The molecule has 0 fully saturated rings. The minimum absolute atomic E-state index is 0.0691. The lowest BCUT2D eigenvalue weighted by Gasteiger charge is -2.15. The van der Waals surface area contributed by atoms with Crippen LogP contribution < -0.4 is 10.6 Å². The summed E-state index contributed by atoms with van der Waals surface area (Å²) in [4.78, 5) is 14.6. The Morgan fingerprint density at radius 3 is 2.61 bits per heavy atom. The maximum atomic E-state index is 13.8. The molecule has 0 amide bonds. The Balaban J connectivity index is 2.01. The summed E-state index contributed by atoms with van der Waals surface area (Å²) < 4.78 is 47.2. The molecule has 31 heavy (non-hydrogen) atoms. The number of thioether (sulfide) groups is 1. The van der Waals surface area contributed by atoms with Gasteiger partial charge >= 0.3 is 6.18 Å². The number of fused-ring (bicyclic) bond motifs is 1. The van der Waals surface area contributed by atoms with Crippen molar-refractivity contribution in [3.63, 3.8) is 0 Å². The number of nitrogens with zero attached hydrogens (tertiary/aromatic N) is 4. The number of hydrogen-bond donors (Lipinski definition) is 2. The van der Waals surface area contributed by atoms with Crippen molar-refractivity contribution in [2.24, 2.45) is 0 Å². The third kappa shape index (κ3) is 5.37. The maximum absolute atomic E-state index is 13.8. The predicted octanol–water partition coefficient (Wildman–Crippen LogP) is 3.91. The van der Waals surface area contributed by atoms with Crippen molar-refractivity contribution in [1.29, 1.82) is 0 Å². The number of aliphatic hydroxyl groups is 1. The molecule has 0 aliphatic heterocycles. The van der Waals surface area contributed by atoms with Gasteiger partial charge in [0.15, 0.2) is 0 Å². The second-order valence-electron chi connectivity index (χ2n) is 6.65. The highest BCUT2D eigenvalue weighted by Gasteiger charge is 2.35. The van der Waals surface area contributed by atoms with Gasteiger partial charge in [-0.2, -0.15) is 13.2 Å². The van der Waals surface area contributed by atoms with E-state index in [4.69, 9.17) is 15.6 Å². The number of rotatable bonds is 9. The molecule has 0 saturated carbocycles. The quantitative estimate of drug-likeness (QED) is 0.357. The minimum Gasteiger partial charge on any atom is -0.397 e. The van der Waals surface area contributed by atoms with Gasteiger partial charge in [-0.1, -0.05) is 0 Å². The fourth-order valence-electron chi connectivity index (χ4n) is 2.85. The highest BCUT2D eigenvalue weighted by atomic mass is 32.2. The van der Waals surface area contributed by atoms with Crippen LogP contribution in [0.25, 0.3) is 21.5 Å². The van der Waals surface area contributed by atoms with E-state index < -0.39 is 11.7 Å². The molecule has 3 N–H and O–H groups in total. The number of halogens is 3. The Hall–Kier alpha value is -2.15. The Morgan fingerprint density at radius 1 is 1.29 bits per heavy atom. The number of likely N-dealkylation sites (N-methyl/N-ethyl adjacent to an activating group) is 1. The van der Waals surface area contributed by atoms with E-state index >= 15 is 0 Å². The van der Waals surface area contributed by atoms with E-state index in [-0.39, 0.29) is 28.2 Å². The van der Waals surface area contributed by atoms with Crippen LogP contribution in [0.2, 0.25) is 0 Å². The lowest BCUT2D eigenvalue weighted by molar-refractivity contribution is -0.136. The average Bonchev–Trinajstić information content (AvgIpc) is 3.05. The molecule has 12 heteroatoms. The topological polar surface area (TPSA) is 97.4 Å². The average molecular weight is 474 g/mol. The first-order chi connectivity index (χ1) is 14.8. The van der Waals surface area contributed by atoms with Crippen LogP contribution in [0.5, 0.6) is 0 Å². The van der Waals surface area contributed by atoms with Gasteiger partial charge in [0, 0.05) is 56.4 Å². The summed E-state index contributed by atoms with van der Waals surface area (Å²) in [6.45, 7) is 0.832. The molecule has 3 rings (SSSR count). The molecule has 0 aromatic carbocycles. The smallest absolute Gasteiger partial charge is 0.397 e. The summed E-state index contributed by atoms with van der Waals surface area (Å²) in [7, 11) is 3.30. The van der Waals surface area contributed by atoms with Crippen molar-refractivity contribution in [2.75, 3.05) is 50.3 Å². The molecule has 3 heterocycles. The third-order valence-electron chi connectivity index (χ3n) is 4.41. The molecule has 0 aliphatic rings. The molecule has 0 saturated heterocycles. The van der Waals surface area contributed by atoms with Crippen molar-refractivity contribution in [1.82, 2.24) is 15.0 Å². The van der Waals surface area contributed by atoms with Gasteiger partial charge in [-0.15, -0.1) is 23.1 Å². The van der Waals surface area contributed by atoms with E-state index in [1.807, 2.05) is 0 Å². The lowest BCUT2D eigenvalue weighted by atomic mass is 10.1. The first-order valence-corrected chi connectivity index (χ1v) is 11.1. The highest BCUT2D eigenvalue weighted by molar-refractivity contribution is 8.01. The Labute approximate surface area is 185 Å². The number of nitrogen functional groups attached to an aromatic ring is 1. The molecule has 168 valence electrons. The van der Waals surface area contributed by atoms with Gasteiger partial charge in [-0.3, -0.25) is 0 Å². The lowest BCUT2D eigenvalue weighted by Crippen LogP contribution is -2.23. The van der Waals surface area contributed by atoms with Crippen LogP contribution in [0.15, 0.2) is 22.7 Å². The van der Waals surface area contributed by atoms with E-state index in [1.54, 1.807) is 19.1 Å². The first-order valence-electron chi connectivity index (χ1n) is 9.32. The van der Waals surface area contributed by atoms with E-state index in [2.05, 4.69) is 15.0 Å². The molecule has 7 nitrogen and oxygen atoms in total. The van der Waals surface area contributed by atoms with Crippen LogP contribution in [0.1, 0.15) is 12.0 Å². The number of methoxy groups -OCH3 is 1. The Morgan fingerprint density at radius 2 is 2.00 bits per heavy atom. The van der Waals surface area contributed by atoms with E-state index in [0.717, 1.165) is 23.8 Å². The maximum Gasteiger partial charge on any atom is 0.417 e. The van der Waals surface area contributed by atoms with E-state index in [9.17, 15) is 13.2 Å².